The van der Waals surface area contributed by atoms with Gasteiger partial charge in [-0.25, -0.2) is 8.42 Å². The molecule has 1 aliphatic heterocycles. The number of sulfonamides is 1. The quantitative estimate of drug-likeness (QED) is 0.502. The third kappa shape index (κ3) is 3.95. The van der Waals surface area contributed by atoms with Crippen LogP contribution in [0.2, 0.25) is 0 Å². The number of hydrogen-bond acceptors (Lipinski definition) is 4. The maximum Gasteiger partial charge on any atom is 0.261 e. The number of nitrogens with zero attached hydrogens (tertiary/aromatic N) is 2. The first-order valence-electron chi connectivity index (χ1n) is 9.86. The van der Waals surface area contributed by atoms with Crippen molar-refractivity contribution in [3.05, 3.63) is 76.4 Å². The van der Waals surface area contributed by atoms with Crippen molar-refractivity contribution >= 4 is 21.8 Å². The van der Waals surface area contributed by atoms with E-state index in [4.69, 9.17) is 0 Å². The second-order valence-corrected chi connectivity index (χ2v) is 9.30. The van der Waals surface area contributed by atoms with Crippen LogP contribution in [0.5, 0.6) is 0 Å². The van der Waals surface area contributed by atoms with Crippen LogP contribution in [0.15, 0.2) is 53.4 Å². The molecule has 0 N–H and O–H groups in total. The van der Waals surface area contributed by atoms with Crippen LogP contribution in [0, 0.1) is 20.8 Å². The van der Waals surface area contributed by atoms with E-state index in [1.54, 1.807) is 57.2 Å². The van der Waals surface area contributed by atoms with E-state index >= 15 is 0 Å². The molecule has 0 radical (unpaired) electrons. The Morgan fingerprint density at radius 2 is 1.47 bits per heavy atom. The molecule has 0 bridgehead atoms. The Labute approximate surface area is 177 Å². The molecule has 2 amide bonds. The van der Waals surface area contributed by atoms with Gasteiger partial charge in [-0.1, -0.05) is 48.9 Å². The molecule has 2 aromatic rings. The highest BCUT2D eigenvalue weighted by atomic mass is 32.2. The number of fused-ring (bicyclic) bond motifs is 1. The third-order valence-electron chi connectivity index (χ3n) is 5.20. The molecule has 0 saturated heterocycles. The van der Waals surface area contributed by atoms with Crippen molar-refractivity contribution in [1.29, 1.82) is 0 Å². The highest BCUT2D eigenvalue weighted by Gasteiger charge is 2.34. The van der Waals surface area contributed by atoms with Gasteiger partial charge < -0.3 is 0 Å². The summed E-state index contributed by atoms with van der Waals surface area (Å²) in [4.78, 5) is 26.3. The summed E-state index contributed by atoms with van der Waals surface area (Å²) >= 11 is 0. The Bertz CT molecular complexity index is 1080. The van der Waals surface area contributed by atoms with Gasteiger partial charge in [0.05, 0.1) is 16.0 Å². The molecule has 30 heavy (non-hydrogen) atoms. The van der Waals surface area contributed by atoms with Crippen LogP contribution in [0.3, 0.4) is 0 Å². The lowest BCUT2D eigenvalue weighted by atomic mass is 10.1. The molecule has 2 aromatic carbocycles. The Kier molecular flexibility index (Phi) is 6.24. The van der Waals surface area contributed by atoms with E-state index in [2.05, 4.69) is 0 Å². The minimum Gasteiger partial charge on any atom is -0.270 e. The van der Waals surface area contributed by atoms with Crippen molar-refractivity contribution in [2.24, 2.45) is 0 Å². The number of rotatable bonds is 7. The monoisotopic (exact) mass is 426 g/mol. The number of carbonyl (C=O) groups excluding carboxylic acids is 2. The van der Waals surface area contributed by atoms with Crippen molar-refractivity contribution in [3.8, 4) is 0 Å². The standard InChI is InChI=1S/C23H26N2O4S/c1-5-24(30(28,29)21-17(3)14-16(2)15-18(21)4)12-8-9-13-25-22(26)19-10-6-7-11-20(19)23(25)27/h6-11,14-15H,5,12-13H2,1-4H3/b9-8-. The van der Waals surface area contributed by atoms with Gasteiger partial charge in [0.1, 0.15) is 0 Å². The van der Waals surface area contributed by atoms with Gasteiger partial charge in [-0.05, 0) is 44.0 Å². The second kappa shape index (κ2) is 8.53. The predicted molar refractivity (Wildman–Crippen MR) is 116 cm³/mol. The van der Waals surface area contributed by atoms with Crippen molar-refractivity contribution in [3.63, 3.8) is 0 Å². The normalized spacial score (nSPS) is 14.2. The van der Waals surface area contributed by atoms with E-state index in [0.29, 0.717) is 22.6 Å². The molecule has 0 fully saturated rings. The molecule has 1 heterocycles. The summed E-state index contributed by atoms with van der Waals surface area (Å²) in [5.41, 5.74) is 3.27. The summed E-state index contributed by atoms with van der Waals surface area (Å²) < 4.78 is 27.8. The van der Waals surface area contributed by atoms with Crippen molar-refractivity contribution in [1.82, 2.24) is 9.21 Å². The van der Waals surface area contributed by atoms with Crippen molar-refractivity contribution in [2.75, 3.05) is 19.6 Å². The SMILES string of the molecule is CCN(C/C=C\CN1C(=O)c2ccccc2C1=O)S(=O)(=O)c1c(C)cc(C)cc1C. The number of likely N-dealkylation sites (N-methyl/N-ethyl adjacent to an activating group) is 1. The van der Waals surface area contributed by atoms with Crippen LogP contribution in [0.25, 0.3) is 0 Å². The number of aryl methyl sites for hydroxylation is 3. The van der Waals surface area contributed by atoms with Gasteiger partial charge in [0.25, 0.3) is 11.8 Å². The Morgan fingerprint density at radius 1 is 0.933 bits per heavy atom. The summed E-state index contributed by atoms with van der Waals surface area (Å²) in [6.07, 6.45) is 3.35. The molecule has 6 nitrogen and oxygen atoms in total. The molecular weight excluding hydrogens is 400 g/mol. The van der Waals surface area contributed by atoms with Gasteiger partial charge >= 0.3 is 0 Å². The fourth-order valence-corrected chi connectivity index (χ4v) is 5.69. The predicted octanol–water partition coefficient (Wildman–Crippen LogP) is 3.47. The van der Waals surface area contributed by atoms with E-state index in [-0.39, 0.29) is 24.9 Å². The van der Waals surface area contributed by atoms with Crippen LogP contribution in [0.1, 0.15) is 44.3 Å². The molecule has 0 spiro atoms. The fourth-order valence-electron chi connectivity index (χ4n) is 3.88. The smallest absolute Gasteiger partial charge is 0.261 e. The fraction of sp³-hybridized carbons (Fsp3) is 0.304. The zero-order valence-corrected chi connectivity index (χ0v) is 18.5. The minimum absolute atomic E-state index is 0.104. The van der Waals surface area contributed by atoms with E-state index < -0.39 is 10.0 Å². The zero-order chi connectivity index (χ0) is 22.1. The van der Waals surface area contributed by atoms with Crippen LogP contribution in [-0.2, 0) is 10.0 Å². The first-order valence-corrected chi connectivity index (χ1v) is 11.3. The van der Waals surface area contributed by atoms with Crippen molar-refractivity contribution < 1.29 is 18.0 Å². The molecule has 158 valence electrons. The Balaban J connectivity index is 1.73. The van der Waals surface area contributed by atoms with Gasteiger partial charge in [-0.15, -0.1) is 0 Å². The van der Waals surface area contributed by atoms with Crippen molar-refractivity contribution in [2.45, 2.75) is 32.6 Å². The van der Waals surface area contributed by atoms with Gasteiger partial charge in [0.15, 0.2) is 0 Å². The van der Waals surface area contributed by atoms with E-state index in [1.165, 1.54) is 9.21 Å². The Hall–Kier alpha value is -2.77. The molecule has 0 unspecified atom stereocenters. The van der Waals surface area contributed by atoms with Crippen LogP contribution < -0.4 is 0 Å². The van der Waals surface area contributed by atoms with E-state index in [1.807, 2.05) is 19.1 Å². The first kappa shape index (κ1) is 21.9. The first-order chi connectivity index (χ1) is 14.2. The number of hydrogen-bond donors (Lipinski definition) is 0. The van der Waals surface area contributed by atoms with Gasteiger partial charge in [-0.3, -0.25) is 14.5 Å². The average Bonchev–Trinajstić information content (AvgIpc) is 2.91. The molecule has 0 aliphatic carbocycles. The zero-order valence-electron chi connectivity index (χ0n) is 17.7. The van der Waals surface area contributed by atoms with Crippen LogP contribution in [0.4, 0.5) is 0 Å². The highest BCUT2D eigenvalue weighted by Crippen LogP contribution is 2.25. The number of benzene rings is 2. The summed E-state index contributed by atoms with van der Waals surface area (Å²) in [6, 6.07) is 10.5. The number of amides is 2. The summed E-state index contributed by atoms with van der Waals surface area (Å²) in [6.45, 7) is 7.91. The molecule has 0 atom stereocenters. The molecule has 3 rings (SSSR count). The second-order valence-electron chi connectivity index (χ2n) is 7.42. The van der Waals surface area contributed by atoms with E-state index in [0.717, 1.165) is 16.7 Å². The summed E-state index contributed by atoms with van der Waals surface area (Å²) in [5.74, 6) is -0.655. The highest BCUT2D eigenvalue weighted by molar-refractivity contribution is 7.89. The molecule has 0 saturated carbocycles. The van der Waals surface area contributed by atoms with Gasteiger partial charge in [0, 0.05) is 19.6 Å². The third-order valence-corrected chi connectivity index (χ3v) is 7.44. The summed E-state index contributed by atoms with van der Waals surface area (Å²) in [7, 11) is -3.66. The molecule has 7 heteroatoms. The lowest BCUT2D eigenvalue weighted by molar-refractivity contribution is 0.0672. The number of carbonyl (C=O) groups is 2. The maximum absolute atomic E-state index is 13.2. The van der Waals surface area contributed by atoms with Gasteiger partial charge in [-0.2, -0.15) is 4.31 Å². The minimum atomic E-state index is -3.66. The van der Waals surface area contributed by atoms with E-state index in [9.17, 15) is 18.0 Å². The van der Waals surface area contributed by atoms with Crippen LogP contribution >= 0.6 is 0 Å². The largest absolute Gasteiger partial charge is 0.270 e. The average molecular weight is 427 g/mol. The van der Waals surface area contributed by atoms with Gasteiger partial charge in [0.2, 0.25) is 10.0 Å². The molecular formula is C23H26N2O4S. The van der Waals surface area contributed by atoms with Crippen LogP contribution in [-0.4, -0.2) is 49.1 Å². The maximum atomic E-state index is 13.2. The summed E-state index contributed by atoms with van der Waals surface area (Å²) in [5, 5.41) is 0. The lowest BCUT2D eigenvalue weighted by Crippen LogP contribution is -2.32. The molecule has 0 aromatic heterocycles. The Morgan fingerprint density at radius 3 is 1.97 bits per heavy atom. The number of imide groups is 1. The molecule has 1 aliphatic rings. The topological polar surface area (TPSA) is 74.8 Å². The lowest BCUT2D eigenvalue weighted by Gasteiger charge is -2.22.